The van der Waals surface area contributed by atoms with E-state index in [1.165, 1.54) is 6.21 Å². The number of fused-ring (bicyclic) bond motifs is 1. The van der Waals surface area contributed by atoms with Crippen LogP contribution in [0.1, 0.15) is 50.1 Å². The Labute approximate surface area is 185 Å². The van der Waals surface area contributed by atoms with Gasteiger partial charge in [0.2, 0.25) is 0 Å². The van der Waals surface area contributed by atoms with Gasteiger partial charge in [0.05, 0.1) is 23.4 Å². The molecule has 2 heterocycles. The number of alkyl halides is 3. The van der Waals surface area contributed by atoms with Crippen LogP contribution in [0.2, 0.25) is 0 Å². The molecule has 0 radical (unpaired) electrons. The molecule has 2 aromatic heterocycles. The van der Waals surface area contributed by atoms with E-state index in [0.29, 0.717) is 23.3 Å². The van der Waals surface area contributed by atoms with Gasteiger partial charge in [-0.1, -0.05) is 0 Å². The van der Waals surface area contributed by atoms with Crippen LogP contribution < -0.4 is 11.2 Å². The van der Waals surface area contributed by atoms with E-state index < -0.39 is 35.8 Å². The minimum Gasteiger partial charge on any atom is -0.459 e. The lowest BCUT2D eigenvalue weighted by atomic mass is 10.2. The first kappa shape index (κ1) is 24.2. The average molecular weight is 475 g/mol. The van der Waals surface area contributed by atoms with Crippen LogP contribution in [0.25, 0.3) is 10.2 Å². The Kier molecular flexibility index (Phi) is 6.66. The number of carbonyl (C=O) groups is 1. The SMILES string of the molecule is Cc1c(C=NCC(=O)OC(C)(C)C)sc2c1c(=O)n(C1CC1)c(=O)n2CCOC(F)(F)F. The largest absolute Gasteiger partial charge is 0.522 e. The Bertz CT molecular complexity index is 1170. The molecule has 0 N–H and O–H groups in total. The number of esters is 1. The van der Waals surface area contributed by atoms with E-state index >= 15 is 0 Å². The Balaban J connectivity index is 1.98. The van der Waals surface area contributed by atoms with Gasteiger partial charge in [0.15, 0.2) is 0 Å². The van der Waals surface area contributed by atoms with Gasteiger partial charge in [0, 0.05) is 12.3 Å². The molecule has 0 aromatic carbocycles. The second-order valence-electron chi connectivity index (χ2n) is 8.46. The molecule has 1 saturated carbocycles. The quantitative estimate of drug-likeness (QED) is 0.453. The first-order valence-corrected chi connectivity index (χ1v) is 10.8. The van der Waals surface area contributed by atoms with Crippen molar-refractivity contribution in [3.05, 3.63) is 31.3 Å². The number of halogens is 3. The molecule has 0 bridgehead atoms. The summed E-state index contributed by atoms with van der Waals surface area (Å²) in [6.07, 6.45) is -2.09. The Morgan fingerprint density at radius 3 is 2.47 bits per heavy atom. The monoisotopic (exact) mass is 475 g/mol. The third-order valence-electron chi connectivity index (χ3n) is 4.62. The summed E-state index contributed by atoms with van der Waals surface area (Å²) in [5.41, 5.74) is -1.24. The van der Waals surface area contributed by atoms with E-state index in [1.54, 1.807) is 27.7 Å². The predicted molar refractivity (Wildman–Crippen MR) is 114 cm³/mol. The second-order valence-corrected chi connectivity index (χ2v) is 9.49. The van der Waals surface area contributed by atoms with E-state index in [1.807, 2.05) is 0 Å². The normalized spacial score (nSPS) is 15.1. The maximum atomic E-state index is 13.0. The second kappa shape index (κ2) is 8.81. The Morgan fingerprint density at radius 2 is 1.91 bits per heavy atom. The molecule has 176 valence electrons. The highest BCUT2D eigenvalue weighted by molar-refractivity contribution is 7.20. The highest BCUT2D eigenvalue weighted by atomic mass is 32.1. The number of carbonyl (C=O) groups excluding carboxylic acids is 1. The summed E-state index contributed by atoms with van der Waals surface area (Å²) in [6.45, 7) is 5.51. The molecule has 1 fully saturated rings. The van der Waals surface area contributed by atoms with Crippen molar-refractivity contribution < 1.29 is 27.4 Å². The van der Waals surface area contributed by atoms with Crippen molar-refractivity contribution in [1.82, 2.24) is 9.13 Å². The van der Waals surface area contributed by atoms with Gasteiger partial charge in [-0.25, -0.2) is 4.79 Å². The molecule has 2 aromatic rings. The van der Waals surface area contributed by atoms with Crippen molar-refractivity contribution in [3.8, 4) is 0 Å². The van der Waals surface area contributed by atoms with Crippen LogP contribution in [0.4, 0.5) is 13.2 Å². The van der Waals surface area contributed by atoms with E-state index in [4.69, 9.17) is 4.74 Å². The van der Waals surface area contributed by atoms with Crippen LogP contribution in [-0.2, 0) is 20.8 Å². The summed E-state index contributed by atoms with van der Waals surface area (Å²) in [6, 6.07) is -0.252. The molecule has 8 nitrogen and oxygen atoms in total. The van der Waals surface area contributed by atoms with Gasteiger partial charge in [-0.2, -0.15) is 0 Å². The zero-order valence-corrected chi connectivity index (χ0v) is 18.9. The van der Waals surface area contributed by atoms with Crippen molar-refractivity contribution in [2.75, 3.05) is 13.2 Å². The summed E-state index contributed by atoms with van der Waals surface area (Å²) in [7, 11) is 0. The Morgan fingerprint density at radius 1 is 1.25 bits per heavy atom. The predicted octanol–water partition coefficient (Wildman–Crippen LogP) is 3.17. The fourth-order valence-corrected chi connectivity index (χ4v) is 4.40. The molecule has 0 amide bonds. The van der Waals surface area contributed by atoms with E-state index in [0.717, 1.165) is 20.5 Å². The van der Waals surface area contributed by atoms with Crippen molar-refractivity contribution in [3.63, 3.8) is 0 Å². The first-order valence-electron chi connectivity index (χ1n) is 9.99. The summed E-state index contributed by atoms with van der Waals surface area (Å²) in [5.74, 6) is -0.523. The molecule has 0 spiro atoms. The number of hydrogen-bond donors (Lipinski definition) is 0. The van der Waals surface area contributed by atoms with E-state index in [9.17, 15) is 27.6 Å². The van der Waals surface area contributed by atoms with Crippen molar-refractivity contribution in [2.24, 2.45) is 4.99 Å². The number of aliphatic imine (C=N–C) groups is 1. The fourth-order valence-electron chi connectivity index (χ4n) is 3.19. The standard InChI is InChI=1S/C20H24F3N3O5S/c1-11-13(9-24-10-14(27)31-19(2,3)4)32-17-15(11)16(28)26(12-5-6-12)18(29)25(17)7-8-30-20(21,22)23/h9,12H,5-8,10H2,1-4H3. The highest BCUT2D eigenvalue weighted by Gasteiger charge is 2.32. The molecule has 0 aliphatic heterocycles. The molecular formula is C20H24F3N3O5S. The third kappa shape index (κ3) is 5.66. The van der Waals surface area contributed by atoms with Crippen LogP contribution in [0.5, 0.6) is 0 Å². The van der Waals surface area contributed by atoms with E-state index in [-0.39, 0.29) is 29.3 Å². The smallest absolute Gasteiger partial charge is 0.459 e. The van der Waals surface area contributed by atoms with Crippen LogP contribution in [0.15, 0.2) is 14.6 Å². The number of rotatable bonds is 7. The minimum absolute atomic E-state index is 0.233. The van der Waals surface area contributed by atoms with Gasteiger partial charge in [-0.3, -0.25) is 28.5 Å². The average Bonchev–Trinajstić information content (AvgIpc) is 3.40. The van der Waals surface area contributed by atoms with E-state index in [2.05, 4.69) is 9.73 Å². The molecule has 0 saturated heterocycles. The zero-order valence-electron chi connectivity index (χ0n) is 18.1. The lowest BCUT2D eigenvalue weighted by Gasteiger charge is -2.18. The van der Waals surface area contributed by atoms with Crippen LogP contribution in [0.3, 0.4) is 0 Å². The number of hydrogen-bond acceptors (Lipinski definition) is 7. The lowest BCUT2D eigenvalue weighted by Crippen LogP contribution is -2.40. The topological polar surface area (TPSA) is 91.9 Å². The van der Waals surface area contributed by atoms with Gasteiger partial charge in [-0.05, 0) is 46.1 Å². The summed E-state index contributed by atoms with van der Waals surface area (Å²) in [5, 5.41) is 0.257. The fraction of sp³-hybridized carbons (Fsp3) is 0.600. The molecular weight excluding hydrogens is 451 g/mol. The van der Waals surface area contributed by atoms with Crippen molar-refractivity contribution >= 4 is 33.7 Å². The van der Waals surface area contributed by atoms with Crippen LogP contribution in [0, 0.1) is 6.92 Å². The maximum Gasteiger partial charge on any atom is 0.522 e. The van der Waals surface area contributed by atoms with Crippen LogP contribution >= 0.6 is 11.3 Å². The zero-order chi connectivity index (χ0) is 23.8. The van der Waals surface area contributed by atoms with Crippen molar-refractivity contribution in [1.29, 1.82) is 0 Å². The van der Waals surface area contributed by atoms with Gasteiger partial charge >= 0.3 is 18.0 Å². The number of thiophene rings is 1. The van der Waals surface area contributed by atoms with Gasteiger partial charge in [-0.15, -0.1) is 24.5 Å². The summed E-state index contributed by atoms with van der Waals surface area (Å²) in [4.78, 5) is 42.6. The molecule has 12 heteroatoms. The van der Waals surface area contributed by atoms with Crippen molar-refractivity contribution in [2.45, 2.75) is 65.1 Å². The summed E-state index contributed by atoms with van der Waals surface area (Å²) < 4.78 is 48.5. The Hall–Kier alpha value is -2.47. The molecule has 1 aliphatic carbocycles. The lowest BCUT2D eigenvalue weighted by molar-refractivity contribution is -0.325. The maximum absolute atomic E-state index is 13.0. The molecule has 1 aliphatic rings. The van der Waals surface area contributed by atoms with Crippen LogP contribution in [-0.4, -0.2) is 46.4 Å². The molecule has 32 heavy (non-hydrogen) atoms. The van der Waals surface area contributed by atoms with Gasteiger partial charge < -0.3 is 4.74 Å². The van der Waals surface area contributed by atoms with Gasteiger partial charge in [0.1, 0.15) is 17.0 Å². The summed E-state index contributed by atoms with van der Waals surface area (Å²) >= 11 is 1.05. The number of nitrogens with zero attached hydrogens (tertiary/aromatic N) is 3. The first-order chi connectivity index (χ1) is 14.8. The molecule has 3 rings (SSSR count). The number of aromatic nitrogens is 2. The molecule has 0 atom stereocenters. The number of aryl methyl sites for hydroxylation is 1. The van der Waals surface area contributed by atoms with Gasteiger partial charge in [0.25, 0.3) is 5.56 Å². The number of ether oxygens (including phenoxy) is 2. The highest BCUT2D eigenvalue weighted by Crippen LogP contribution is 2.34. The third-order valence-corrected chi connectivity index (χ3v) is 5.87. The minimum atomic E-state index is -4.82. The molecule has 0 unspecified atom stereocenters.